The van der Waals surface area contributed by atoms with Crippen molar-refractivity contribution in [3.05, 3.63) is 208 Å². The Morgan fingerprint density at radius 3 is 1.74 bits per heavy atom. The molecule has 10 heteroatoms. The molecule has 0 atom stereocenters. The fraction of sp³-hybridized carbons (Fsp3) is 0. The van der Waals surface area contributed by atoms with E-state index in [1.54, 1.807) is 36.4 Å². The zero-order valence-electron chi connectivity index (χ0n) is 34.1. The lowest BCUT2D eigenvalue weighted by Gasteiger charge is -2.14. The Kier molecular flexibility index (Phi) is 8.35. The van der Waals surface area contributed by atoms with Gasteiger partial charge in [-0.3, -0.25) is 9.59 Å². The average molecular weight is 836 g/mol. The first-order valence-electron chi connectivity index (χ1n) is 20.8. The Morgan fingerprint density at radius 2 is 1.05 bits per heavy atom. The summed E-state index contributed by atoms with van der Waals surface area (Å²) in [4.78, 5) is 44.6. The highest BCUT2D eigenvalue weighted by Gasteiger charge is 2.24. The third-order valence-corrected chi connectivity index (χ3v) is 12.1. The highest BCUT2D eigenvalue weighted by Crippen LogP contribution is 2.40. The van der Waals surface area contributed by atoms with Gasteiger partial charge in [0.1, 0.15) is 17.2 Å². The van der Waals surface area contributed by atoms with Crippen molar-refractivity contribution in [2.24, 2.45) is 0 Å². The molecule has 0 aliphatic heterocycles. The van der Waals surface area contributed by atoms with Crippen LogP contribution in [0.5, 0.6) is 0 Å². The van der Waals surface area contributed by atoms with Crippen molar-refractivity contribution < 1.29 is 4.42 Å². The van der Waals surface area contributed by atoms with Crippen LogP contribution in [0, 0.1) is 22.7 Å². The smallest absolute Gasteiger partial charge is 0.269 e. The molecule has 0 unspecified atom stereocenters. The van der Waals surface area contributed by atoms with Crippen molar-refractivity contribution in [2.45, 2.75) is 0 Å². The summed E-state index contributed by atoms with van der Waals surface area (Å²) in [6.45, 7) is 0. The SMILES string of the molecule is N#Cc1cc(-n2c3ccccc3c3cc4c(=O)n(-c5ccccc5)c(=O)c5c(ccc6c7ccccc7oc65)c4cc32)c(C#N)cc1-c1nc(-c2ccccc2)nc(-c2ccccc2)n1. The van der Waals surface area contributed by atoms with Gasteiger partial charge in [0.2, 0.25) is 0 Å². The second-order valence-corrected chi connectivity index (χ2v) is 15.7. The maximum Gasteiger partial charge on any atom is 0.269 e. The van der Waals surface area contributed by atoms with Gasteiger partial charge in [-0.15, -0.1) is 0 Å². The molecular formula is C55H29N7O3. The van der Waals surface area contributed by atoms with Gasteiger partial charge < -0.3 is 8.98 Å². The van der Waals surface area contributed by atoms with E-state index in [-0.39, 0.29) is 22.3 Å². The van der Waals surface area contributed by atoms with Gasteiger partial charge in [0, 0.05) is 43.6 Å². The molecule has 4 heterocycles. The lowest BCUT2D eigenvalue weighted by molar-refractivity contribution is 0.672. The molecule has 0 fully saturated rings. The number of aromatic nitrogens is 5. The maximum absolute atomic E-state index is 15.0. The number of nitrogens with zero attached hydrogens (tertiary/aromatic N) is 7. The fourth-order valence-electron chi connectivity index (χ4n) is 9.11. The fourth-order valence-corrected chi connectivity index (χ4v) is 9.11. The number of nitriles is 2. The molecule has 0 aliphatic carbocycles. The van der Waals surface area contributed by atoms with Gasteiger partial charge in [-0.2, -0.15) is 10.5 Å². The van der Waals surface area contributed by atoms with Crippen LogP contribution in [0.25, 0.3) is 111 Å². The van der Waals surface area contributed by atoms with Crippen LogP contribution in [-0.4, -0.2) is 24.1 Å². The number of rotatable bonds is 5. The van der Waals surface area contributed by atoms with Crippen molar-refractivity contribution in [1.29, 1.82) is 10.5 Å². The summed E-state index contributed by atoms with van der Waals surface area (Å²) in [6.07, 6.45) is 0. The number of para-hydroxylation sites is 3. The molecule has 12 rings (SSSR count). The first kappa shape index (κ1) is 37.3. The number of benzene rings is 8. The molecule has 0 amide bonds. The highest BCUT2D eigenvalue weighted by atomic mass is 16.3. The molecule has 0 N–H and O–H groups in total. The van der Waals surface area contributed by atoms with Crippen molar-refractivity contribution in [1.82, 2.24) is 24.1 Å². The van der Waals surface area contributed by atoms with Crippen LogP contribution in [0.1, 0.15) is 11.1 Å². The highest BCUT2D eigenvalue weighted by molar-refractivity contribution is 6.22. The predicted octanol–water partition coefficient (Wildman–Crippen LogP) is 11.4. The second kappa shape index (κ2) is 14.6. The monoisotopic (exact) mass is 835 g/mol. The Hall–Kier alpha value is -9.51. The van der Waals surface area contributed by atoms with Crippen LogP contribution >= 0.6 is 0 Å². The number of hydrogen-bond acceptors (Lipinski definition) is 8. The van der Waals surface area contributed by atoms with Crippen LogP contribution in [0.15, 0.2) is 190 Å². The number of hydrogen-bond donors (Lipinski definition) is 0. The molecule has 302 valence electrons. The van der Waals surface area contributed by atoms with E-state index in [2.05, 4.69) is 12.1 Å². The third kappa shape index (κ3) is 5.76. The summed E-state index contributed by atoms with van der Waals surface area (Å²) < 4.78 is 9.63. The van der Waals surface area contributed by atoms with Gasteiger partial charge in [-0.1, -0.05) is 121 Å². The summed E-state index contributed by atoms with van der Waals surface area (Å²) in [6, 6.07) is 59.0. The average Bonchev–Trinajstić information content (AvgIpc) is 3.88. The van der Waals surface area contributed by atoms with E-state index in [0.29, 0.717) is 66.8 Å². The van der Waals surface area contributed by atoms with E-state index >= 15 is 9.59 Å². The number of fused-ring (bicyclic) bond motifs is 10. The zero-order valence-corrected chi connectivity index (χ0v) is 34.1. The molecule has 0 bridgehead atoms. The molecule has 10 nitrogen and oxygen atoms in total. The summed E-state index contributed by atoms with van der Waals surface area (Å²) in [7, 11) is 0. The Morgan fingerprint density at radius 1 is 0.446 bits per heavy atom. The minimum absolute atomic E-state index is 0.237. The lowest BCUT2D eigenvalue weighted by Crippen LogP contribution is -2.28. The largest absolute Gasteiger partial charge is 0.455 e. The van der Waals surface area contributed by atoms with Gasteiger partial charge in [-0.25, -0.2) is 19.5 Å². The predicted molar refractivity (Wildman–Crippen MR) is 254 cm³/mol. The zero-order chi connectivity index (χ0) is 43.8. The summed E-state index contributed by atoms with van der Waals surface area (Å²) >= 11 is 0. The minimum atomic E-state index is -0.514. The van der Waals surface area contributed by atoms with Gasteiger partial charge >= 0.3 is 0 Å². The van der Waals surface area contributed by atoms with E-state index in [1.165, 1.54) is 4.57 Å². The van der Waals surface area contributed by atoms with Crippen LogP contribution in [0.3, 0.4) is 0 Å². The summed E-state index contributed by atoms with van der Waals surface area (Å²) in [5.41, 5.74) is 4.63. The van der Waals surface area contributed by atoms with Crippen LogP contribution in [0.4, 0.5) is 0 Å². The van der Waals surface area contributed by atoms with Gasteiger partial charge in [-0.05, 0) is 65.4 Å². The standard InChI is InChI=1S/C55H29N7O3/c56-30-34-27-46(35(31-57)26-41(34)53-59-51(32-14-4-1-5-15-32)58-52(60-53)33-16-6-2-7-17-33)62-45-22-12-10-20-37(45)43-28-44-42(29-47(43)62)39-24-25-40-38-21-11-13-23-48(38)65-50(40)49(39)55(64)61(54(44)63)36-18-8-3-9-19-36/h1-29H. The lowest BCUT2D eigenvalue weighted by atomic mass is 10.0. The van der Waals surface area contributed by atoms with E-state index < -0.39 is 11.1 Å². The van der Waals surface area contributed by atoms with Crippen molar-refractivity contribution in [2.75, 3.05) is 0 Å². The van der Waals surface area contributed by atoms with Crippen LogP contribution in [0.2, 0.25) is 0 Å². The van der Waals surface area contributed by atoms with Crippen molar-refractivity contribution in [3.8, 4) is 57.7 Å². The molecule has 12 aromatic rings. The number of furan rings is 1. The quantitative estimate of drug-likeness (QED) is 0.167. The Balaban J connectivity index is 1.17. The van der Waals surface area contributed by atoms with Crippen LogP contribution < -0.4 is 11.1 Å². The van der Waals surface area contributed by atoms with Gasteiger partial charge in [0.15, 0.2) is 17.5 Å². The third-order valence-electron chi connectivity index (χ3n) is 12.1. The molecule has 0 spiro atoms. The van der Waals surface area contributed by atoms with Gasteiger partial charge in [0.05, 0.1) is 45.0 Å². The summed E-state index contributed by atoms with van der Waals surface area (Å²) in [5, 5.41) is 26.6. The van der Waals surface area contributed by atoms with E-state index in [9.17, 15) is 10.5 Å². The van der Waals surface area contributed by atoms with Crippen LogP contribution in [-0.2, 0) is 0 Å². The maximum atomic E-state index is 15.0. The molecule has 65 heavy (non-hydrogen) atoms. The first-order valence-corrected chi connectivity index (χ1v) is 20.8. The molecule has 4 aromatic heterocycles. The second-order valence-electron chi connectivity index (χ2n) is 15.7. The van der Waals surface area contributed by atoms with Crippen molar-refractivity contribution >= 4 is 65.3 Å². The Bertz CT molecular complexity index is 4130. The summed E-state index contributed by atoms with van der Waals surface area (Å²) in [5.74, 6) is 1.08. The Labute approximate surface area is 368 Å². The molecule has 0 aliphatic rings. The topological polar surface area (TPSA) is 143 Å². The normalized spacial score (nSPS) is 11.5. The van der Waals surface area contributed by atoms with E-state index in [4.69, 9.17) is 19.4 Å². The molecule has 0 saturated carbocycles. The first-order chi connectivity index (χ1) is 32.0. The van der Waals surface area contributed by atoms with Crippen molar-refractivity contribution in [3.63, 3.8) is 0 Å². The molecule has 0 radical (unpaired) electrons. The minimum Gasteiger partial charge on any atom is -0.455 e. The van der Waals surface area contributed by atoms with E-state index in [0.717, 1.165) is 32.8 Å². The molecule has 0 saturated heterocycles. The van der Waals surface area contributed by atoms with Gasteiger partial charge in [0.25, 0.3) is 11.1 Å². The van der Waals surface area contributed by atoms with E-state index in [1.807, 2.05) is 144 Å². The molecule has 8 aromatic carbocycles. The molecular weight excluding hydrogens is 807 g/mol.